The summed E-state index contributed by atoms with van der Waals surface area (Å²) in [5.41, 5.74) is 3.40. The quantitative estimate of drug-likeness (QED) is 0.612. The molecule has 5 heteroatoms. The number of hydrogen-bond acceptors (Lipinski definition) is 3. The molecule has 0 saturated carbocycles. The first-order valence-corrected chi connectivity index (χ1v) is 8.18. The molecule has 0 spiro atoms. The van der Waals surface area contributed by atoms with Crippen molar-refractivity contribution in [1.29, 1.82) is 0 Å². The zero-order valence-electron chi connectivity index (χ0n) is 13.6. The maximum absolute atomic E-state index is 4.67. The normalized spacial score (nSPS) is 12.5. The second-order valence-corrected chi connectivity index (χ2v) is 5.94. The fraction of sp³-hybridized carbons (Fsp3) is 0.211. The van der Waals surface area contributed by atoms with E-state index in [-0.39, 0.29) is 6.04 Å². The van der Waals surface area contributed by atoms with Gasteiger partial charge in [0.05, 0.1) is 23.4 Å². The lowest BCUT2D eigenvalue weighted by molar-refractivity contribution is 0.617. The molecule has 0 unspecified atom stereocenters. The molecule has 2 aromatic heterocycles. The van der Waals surface area contributed by atoms with E-state index in [1.807, 2.05) is 30.6 Å². The van der Waals surface area contributed by atoms with Crippen LogP contribution in [0.25, 0.3) is 11.0 Å². The van der Waals surface area contributed by atoms with Gasteiger partial charge in [-0.2, -0.15) is 5.10 Å². The lowest BCUT2D eigenvalue weighted by Gasteiger charge is -2.10. The van der Waals surface area contributed by atoms with Crippen molar-refractivity contribution in [3.05, 3.63) is 78.1 Å². The zero-order chi connectivity index (χ0) is 16.4. The lowest BCUT2D eigenvalue weighted by atomic mass is 10.1. The Morgan fingerprint density at radius 1 is 1.00 bits per heavy atom. The number of nitrogens with one attached hydrogen (secondary N) is 1. The Bertz CT molecular complexity index is 938. The van der Waals surface area contributed by atoms with Crippen LogP contribution in [0.2, 0.25) is 0 Å². The van der Waals surface area contributed by atoms with Gasteiger partial charge < -0.3 is 4.57 Å². The van der Waals surface area contributed by atoms with E-state index in [0.717, 1.165) is 35.5 Å². The molecule has 5 nitrogen and oxygen atoms in total. The number of para-hydroxylation sites is 2. The molecule has 0 bridgehead atoms. The summed E-state index contributed by atoms with van der Waals surface area (Å²) in [7, 11) is 0. The third kappa shape index (κ3) is 2.80. The van der Waals surface area contributed by atoms with Crippen LogP contribution >= 0.6 is 0 Å². The topological polar surface area (TPSA) is 59.4 Å². The number of aromatic amines is 1. The largest absolute Gasteiger partial charge is 0.320 e. The Morgan fingerprint density at radius 3 is 2.67 bits per heavy atom. The van der Waals surface area contributed by atoms with Crippen LogP contribution in [-0.2, 0) is 12.8 Å². The Labute approximate surface area is 140 Å². The van der Waals surface area contributed by atoms with E-state index >= 15 is 0 Å². The van der Waals surface area contributed by atoms with Crippen LogP contribution < -0.4 is 0 Å². The van der Waals surface area contributed by atoms with Gasteiger partial charge in [0, 0.05) is 6.42 Å². The summed E-state index contributed by atoms with van der Waals surface area (Å²) in [5.74, 6) is 1.71. The highest BCUT2D eigenvalue weighted by atomic mass is 15.2. The maximum atomic E-state index is 4.67. The average molecular weight is 317 g/mol. The van der Waals surface area contributed by atoms with Crippen LogP contribution in [0.1, 0.15) is 30.2 Å². The van der Waals surface area contributed by atoms with E-state index in [2.05, 4.69) is 62.0 Å². The van der Waals surface area contributed by atoms with Gasteiger partial charge in [-0.15, -0.1) is 0 Å². The van der Waals surface area contributed by atoms with Gasteiger partial charge >= 0.3 is 0 Å². The molecule has 0 amide bonds. The summed E-state index contributed by atoms with van der Waals surface area (Å²) in [6.07, 6.45) is 3.67. The van der Waals surface area contributed by atoms with Crippen molar-refractivity contribution in [2.75, 3.05) is 0 Å². The minimum Gasteiger partial charge on any atom is -0.320 e. The SMILES string of the molecule is C[C@H](c1n[nH]c(CCc2ccccc2)n1)n1cnc2ccccc21. The van der Waals surface area contributed by atoms with Gasteiger partial charge in [0.25, 0.3) is 0 Å². The molecule has 0 fully saturated rings. The van der Waals surface area contributed by atoms with Crippen molar-refractivity contribution in [3.63, 3.8) is 0 Å². The third-order valence-corrected chi connectivity index (χ3v) is 4.31. The third-order valence-electron chi connectivity index (χ3n) is 4.31. The number of aromatic nitrogens is 5. The van der Waals surface area contributed by atoms with Crippen molar-refractivity contribution < 1.29 is 0 Å². The van der Waals surface area contributed by atoms with E-state index in [1.165, 1.54) is 5.56 Å². The lowest BCUT2D eigenvalue weighted by Crippen LogP contribution is -2.07. The summed E-state index contributed by atoms with van der Waals surface area (Å²) in [5, 5.41) is 7.48. The van der Waals surface area contributed by atoms with Crippen LogP contribution in [0.3, 0.4) is 0 Å². The van der Waals surface area contributed by atoms with Gasteiger partial charge in [-0.1, -0.05) is 42.5 Å². The fourth-order valence-corrected chi connectivity index (χ4v) is 2.93. The Morgan fingerprint density at radius 2 is 1.79 bits per heavy atom. The van der Waals surface area contributed by atoms with Gasteiger partial charge in [0.1, 0.15) is 5.82 Å². The highest BCUT2D eigenvalue weighted by Crippen LogP contribution is 2.21. The molecule has 24 heavy (non-hydrogen) atoms. The van der Waals surface area contributed by atoms with Crippen molar-refractivity contribution in [1.82, 2.24) is 24.7 Å². The summed E-state index contributed by atoms with van der Waals surface area (Å²) in [6, 6.07) is 18.6. The molecule has 0 saturated heterocycles. The monoisotopic (exact) mass is 317 g/mol. The van der Waals surface area contributed by atoms with Crippen molar-refractivity contribution in [2.45, 2.75) is 25.8 Å². The first kappa shape index (κ1) is 14.6. The summed E-state index contributed by atoms with van der Waals surface area (Å²) < 4.78 is 2.11. The molecule has 0 aliphatic carbocycles. The number of imidazole rings is 1. The maximum Gasteiger partial charge on any atom is 0.173 e. The number of benzene rings is 2. The van der Waals surface area contributed by atoms with Gasteiger partial charge in [-0.25, -0.2) is 9.97 Å². The Kier molecular flexibility index (Phi) is 3.83. The highest BCUT2D eigenvalue weighted by molar-refractivity contribution is 5.75. The number of fused-ring (bicyclic) bond motifs is 1. The molecular formula is C19H19N5. The van der Waals surface area contributed by atoms with Crippen molar-refractivity contribution >= 4 is 11.0 Å². The number of nitrogens with zero attached hydrogens (tertiary/aromatic N) is 4. The molecule has 120 valence electrons. The van der Waals surface area contributed by atoms with Crippen molar-refractivity contribution in [3.8, 4) is 0 Å². The number of hydrogen-bond donors (Lipinski definition) is 1. The Balaban J connectivity index is 1.52. The van der Waals surface area contributed by atoms with Crippen LogP contribution in [0.15, 0.2) is 60.9 Å². The molecular weight excluding hydrogens is 298 g/mol. The smallest absolute Gasteiger partial charge is 0.173 e. The van der Waals surface area contributed by atoms with Crippen molar-refractivity contribution in [2.24, 2.45) is 0 Å². The number of H-pyrrole nitrogens is 1. The van der Waals surface area contributed by atoms with Crippen LogP contribution in [0, 0.1) is 0 Å². The highest BCUT2D eigenvalue weighted by Gasteiger charge is 2.15. The molecule has 0 aliphatic rings. The number of aryl methyl sites for hydroxylation is 2. The second-order valence-electron chi connectivity index (χ2n) is 5.94. The number of rotatable bonds is 5. The molecule has 0 radical (unpaired) electrons. The molecule has 2 aromatic carbocycles. The summed E-state index contributed by atoms with van der Waals surface area (Å²) >= 11 is 0. The zero-order valence-corrected chi connectivity index (χ0v) is 13.6. The van der Waals surface area contributed by atoms with E-state index in [4.69, 9.17) is 0 Å². The van der Waals surface area contributed by atoms with Crippen LogP contribution in [0.4, 0.5) is 0 Å². The fourth-order valence-electron chi connectivity index (χ4n) is 2.93. The van der Waals surface area contributed by atoms with Crippen LogP contribution in [-0.4, -0.2) is 24.7 Å². The standard InChI is InChI=1S/C19H19N5/c1-14(24-13-20-16-9-5-6-10-17(16)24)19-21-18(22-23-19)12-11-15-7-3-2-4-8-15/h2-10,13-14H,11-12H2,1H3,(H,21,22,23)/t14-/m1/s1. The second kappa shape index (κ2) is 6.28. The van der Waals surface area contributed by atoms with Gasteiger partial charge in [0.2, 0.25) is 0 Å². The average Bonchev–Trinajstić information content (AvgIpc) is 3.27. The van der Waals surface area contributed by atoms with E-state index in [0.29, 0.717) is 0 Å². The van der Waals surface area contributed by atoms with Crippen LogP contribution in [0.5, 0.6) is 0 Å². The predicted octanol–water partition coefficient (Wildman–Crippen LogP) is 3.55. The van der Waals surface area contributed by atoms with Gasteiger partial charge in [0.15, 0.2) is 5.82 Å². The predicted molar refractivity (Wildman–Crippen MR) is 93.8 cm³/mol. The molecule has 2 heterocycles. The Hall–Kier alpha value is -2.95. The first-order chi connectivity index (χ1) is 11.8. The van der Waals surface area contributed by atoms with E-state index in [9.17, 15) is 0 Å². The van der Waals surface area contributed by atoms with Gasteiger partial charge in [-0.3, -0.25) is 5.10 Å². The summed E-state index contributed by atoms with van der Waals surface area (Å²) in [6.45, 7) is 2.10. The minimum atomic E-state index is 0.0409. The molecule has 1 N–H and O–H groups in total. The first-order valence-electron chi connectivity index (χ1n) is 8.18. The molecule has 0 aliphatic heterocycles. The van der Waals surface area contributed by atoms with Gasteiger partial charge in [-0.05, 0) is 31.0 Å². The summed E-state index contributed by atoms with van der Waals surface area (Å²) in [4.78, 5) is 9.12. The van der Waals surface area contributed by atoms with E-state index in [1.54, 1.807) is 0 Å². The molecule has 1 atom stereocenters. The van der Waals surface area contributed by atoms with E-state index < -0.39 is 0 Å². The minimum absolute atomic E-state index is 0.0409. The molecule has 4 aromatic rings. The molecule has 4 rings (SSSR count).